The standard InChI is InChI=1S/C14H11BrN2O4/c15-12-7-10(14(16)18)3-6-13(12)21-8-9-1-4-11(5-2-9)17(19)20/h1-7H,8H2,(H2,16,18). The van der Waals surface area contributed by atoms with Gasteiger partial charge in [0.15, 0.2) is 0 Å². The van der Waals surface area contributed by atoms with Gasteiger partial charge in [-0.15, -0.1) is 0 Å². The molecule has 1 amide bonds. The highest BCUT2D eigenvalue weighted by Gasteiger charge is 2.08. The highest BCUT2D eigenvalue weighted by Crippen LogP contribution is 2.27. The molecule has 6 nitrogen and oxygen atoms in total. The van der Waals surface area contributed by atoms with E-state index in [-0.39, 0.29) is 12.3 Å². The van der Waals surface area contributed by atoms with Crippen molar-refractivity contribution in [3.8, 4) is 5.75 Å². The van der Waals surface area contributed by atoms with Gasteiger partial charge in [-0.3, -0.25) is 14.9 Å². The van der Waals surface area contributed by atoms with Gasteiger partial charge in [-0.1, -0.05) is 0 Å². The summed E-state index contributed by atoms with van der Waals surface area (Å²) in [4.78, 5) is 21.1. The van der Waals surface area contributed by atoms with Crippen LogP contribution < -0.4 is 10.5 Å². The number of carbonyl (C=O) groups is 1. The fourth-order valence-electron chi connectivity index (χ4n) is 1.65. The Morgan fingerprint density at radius 3 is 2.43 bits per heavy atom. The van der Waals surface area contributed by atoms with Crippen molar-refractivity contribution >= 4 is 27.5 Å². The Hall–Kier alpha value is -2.41. The number of carbonyl (C=O) groups excluding carboxylic acids is 1. The molecule has 0 atom stereocenters. The van der Waals surface area contributed by atoms with Crippen molar-refractivity contribution in [2.24, 2.45) is 5.73 Å². The molecule has 0 fully saturated rings. The molecule has 0 aliphatic rings. The molecule has 7 heteroatoms. The van der Waals surface area contributed by atoms with E-state index in [0.717, 1.165) is 5.56 Å². The third kappa shape index (κ3) is 3.79. The van der Waals surface area contributed by atoms with Crippen LogP contribution in [0.3, 0.4) is 0 Å². The van der Waals surface area contributed by atoms with Gasteiger partial charge in [0.05, 0.1) is 9.40 Å². The lowest BCUT2D eigenvalue weighted by molar-refractivity contribution is -0.384. The number of benzene rings is 2. The zero-order valence-corrected chi connectivity index (χ0v) is 12.4. The first-order valence-corrected chi connectivity index (χ1v) is 6.72. The molecule has 0 aliphatic heterocycles. The molecule has 0 aromatic heterocycles. The number of nitrogens with zero attached hydrogens (tertiary/aromatic N) is 1. The molecule has 2 N–H and O–H groups in total. The number of non-ortho nitro benzene ring substituents is 1. The molecule has 2 aromatic carbocycles. The van der Waals surface area contributed by atoms with Crippen LogP contribution in [0.5, 0.6) is 5.75 Å². The number of nitro groups is 1. The first-order chi connectivity index (χ1) is 9.97. The van der Waals surface area contributed by atoms with E-state index < -0.39 is 10.8 Å². The molecule has 0 unspecified atom stereocenters. The van der Waals surface area contributed by atoms with Crippen LogP contribution in [-0.4, -0.2) is 10.8 Å². The van der Waals surface area contributed by atoms with Gasteiger partial charge in [0.1, 0.15) is 12.4 Å². The minimum Gasteiger partial charge on any atom is -0.488 e. The third-order valence-electron chi connectivity index (χ3n) is 2.76. The van der Waals surface area contributed by atoms with Gasteiger partial charge in [-0.25, -0.2) is 0 Å². The van der Waals surface area contributed by atoms with Crippen LogP contribution in [0.15, 0.2) is 46.9 Å². The third-order valence-corrected chi connectivity index (χ3v) is 3.38. The van der Waals surface area contributed by atoms with Gasteiger partial charge < -0.3 is 10.5 Å². The molecule has 0 spiro atoms. The SMILES string of the molecule is NC(=O)c1ccc(OCc2ccc([N+](=O)[O-])cc2)c(Br)c1. The molecule has 0 bridgehead atoms. The minimum absolute atomic E-state index is 0.0331. The van der Waals surface area contributed by atoms with Crippen molar-refractivity contribution in [1.82, 2.24) is 0 Å². The number of hydrogen-bond acceptors (Lipinski definition) is 4. The lowest BCUT2D eigenvalue weighted by Gasteiger charge is -2.09. The fraction of sp³-hybridized carbons (Fsp3) is 0.0714. The quantitative estimate of drug-likeness (QED) is 0.662. The van der Waals surface area contributed by atoms with Crippen LogP contribution in [0.25, 0.3) is 0 Å². The summed E-state index contributed by atoms with van der Waals surface area (Å²) >= 11 is 3.30. The Morgan fingerprint density at radius 1 is 1.24 bits per heavy atom. The molecule has 21 heavy (non-hydrogen) atoms. The van der Waals surface area contributed by atoms with E-state index >= 15 is 0 Å². The van der Waals surface area contributed by atoms with Crippen molar-refractivity contribution in [2.75, 3.05) is 0 Å². The van der Waals surface area contributed by atoms with E-state index in [1.807, 2.05) is 0 Å². The Labute approximate surface area is 128 Å². The lowest BCUT2D eigenvalue weighted by atomic mass is 10.2. The van der Waals surface area contributed by atoms with Crippen molar-refractivity contribution in [2.45, 2.75) is 6.61 Å². The van der Waals surface area contributed by atoms with Gasteiger partial charge in [0.25, 0.3) is 5.69 Å². The van der Waals surface area contributed by atoms with Crippen LogP contribution in [0.1, 0.15) is 15.9 Å². The van der Waals surface area contributed by atoms with Crippen LogP contribution in [0.2, 0.25) is 0 Å². The van der Waals surface area contributed by atoms with Crippen LogP contribution in [0, 0.1) is 10.1 Å². The van der Waals surface area contributed by atoms with E-state index in [0.29, 0.717) is 15.8 Å². The maximum Gasteiger partial charge on any atom is 0.269 e. The second-order valence-corrected chi connectivity index (χ2v) is 5.08. The molecule has 0 heterocycles. The number of nitro benzene ring substituents is 1. The maximum absolute atomic E-state index is 11.0. The normalized spacial score (nSPS) is 10.1. The Morgan fingerprint density at radius 2 is 1.90 bits per heavy atom. The van der Waals surface area contributed by atoms with Gasteiger partial charge in [-0.05, 0) is 51.8 Å². The van der Waals surface area contributed by atoms with Crippen molar-refractivity contribution in [3.05, 3.63) is 68.2 Å². The second-order valence-electron chi connectivity index (χ2n) is 4.22. The van der Waals surface area contributed by atoms with E-state index in [2.05, 4.69) is 15.9 Å². The summed E-state index contributed by atoms with van der Waals surface area (Å²) in [6.45, 7) is 0.256. The summed E-state index contributed by atoms with van der Waals surface area (Å²) in [5.41, 5.74) is 6.39. The smallest absolute Gasteiger partial charge is 0.269 e. The first-order valence-electron chi connectivity index (χ1n) is 5.93. The second kappa shape index (κ2) is 6.36. The largest absolute Gasteiger partial charge is 0.488 e. The van der Waals surface area contributed by atoms with Gasteiger partial charge >= 0.3 is 0 Å². The molecule has 2 rings (SSSR count). The van der Waals surface area contributed by atoms with Crippen molar-refractivity contribution < 1.29 is 14.5 Å². The predicted molar refractivity (Wildman–Crippen MR) is 80.1 cm³/mol. The van der Waals surface area contributed by atoms with E-state index in [1.54, 1.807) is 30.3 Å². The summed E-state index contributed by atoms with van der Waals surface area (Å²) in [5.74, 6) is 0.0379. The molecular formula is C14H11BrN2O4. The average Bonchev–Trinajstić information content (AvgIpc) is 2.46. The maximum atomic E-state index is 11.0. The van der Waals surface area contributed by atoms with Crippen molar-refractivity contribution in [1.29, 1.82) is 0 Å². The highest BCUT2D eigenvalue weighted by atomic mass is 79.9. The topological polar surface area (TPSA) is 95.5 Å². The molecule has 0 aliphatic carbocycles. The number of nitrogens with two attached hydrogens (primary N) is 1. The zero-order valence-electron chi connectivity index (χ0n) is 10.8. The van der Waals surface area contributed by atoms with Crippen LogP contribution in [-0.2, 0) is 6.61 Å². The Bertz CT molecular complexity index is 686. The number of amides is 1. The molecule has 0 saturated heterocycles. The summed E-state index contributed by atoms with van der Waals surface area (Å²) in [7, 11) is 0. The summed E-state index contributed by atoms with van der Waals surface area (Å²) in [6.07, 6.45) is 0. The fourth-order valence-corrected chi connectivity index (χ4v) is 2.14. The molecule has 108 valence electrons. The Balaban J connectivity index is 2.06. The number of primary amides is 1. The minimum atomic E-state index is -0.516. The van der Waals surface area contributed by atoms with Crippen LogP contribution >= 0.6 is 15.9 Å². The summed E-state index contributed by atoms with van der Waals surface area (Å²) in [5, 5.41) is 10.6. The molecule has 0 radical (unpaired) electrons. The van der Waals surface area contributed by atoms with E-state index in [9.17, 15) is 14.9 Å². The zero-order chi connectivity index (χ0) is 15.4. The van der Waals surface area contributed by atoms with Crippen LogP contribution in [0.4, 0.5) is 5.69 Å². The van der Waals surface area contributed by atoms with E-state index in [4.69, 9.17) is 10.5 Å². The molecule has 0 saturated carbocycles. The lowest BCUT2D eigenvalue weighted by Crippen LogP contribution is -2.10. The monoisotopic (exact) mass is 350 g/mol. The van der Waals surface area contributed by atoms with Crippen molar-refractivity contribution in [3.63, 3.8) is 0 Å². The predicted octanol–water partition coefficient (Wildman–Crippen LogP) is 3.04. The number of ether oxygens (including phenoxy) is 1. The summed E-state index contributed by atoms with van der Waals surface area (Å²) in [6, 6.07) is 10.9. The van der Waals surface area contributed by atoms with Gasteiger partial charge in [0, 0.05) is 17.7 Å². The number of halogens is 1. The summed E-state index contributed by atoms with van der Waals surface area (Å²) < 4.78 is 6.20. The van der Waals surface area contributed by atoms with Gasteiger partial charge in [-0.2, -0.15) is 0 Å². The molecule has 2 aromatic rings. The van der Waals surface area contributed by atoms with E-state index in [1.165, 1.54) is 12.1 Å². The molecular weight excluding hydrogens is 340 g/mol. The average molecular weight is 351 g/mol. The first kappa shape index (κ1) is 15.0. The number of rotatable bonds is 5. The van der Waals surface area contributed by atoms with Gasteiger partial charge in [0.2, 0.25) is 5.91 Å². The highest BCUT2D eigenvalue weighted by molar-refractivity contribution is 9.10. The Kier molecular flexibility index (Phi) is 4.54. The number of hydrogen-bond donors (Lipinski definition) is 1.